The minimum atomic E-state index is -1.17. The zero-order valence-electron chi connectivity index (χ0n) is 17.4. The van der Waals surface area contributed by atoms with Crippen LogP contribution >= 0.6 is 8.53 Å². The molecule has 0 heterocycles. The number of methoxy groups -OCH3 is 1. The third-order valence-electron chi connectivity index (χ3n) is 3.74. The fraction of sp³-hybridized carbons (Fsp3) is 0.944. The fourth-order valence-electron chi connectivity index (χ4n) is 2.53. The summed E-state index contributed by atoms with van der Waals surface area (Å²) < 4.78 is 19.5. The normalized spacial score (nSPS) is 13.9. The summed E-state index contributed by atoms with van der Waals surface area (Å²) >= 11 is 0. The van der Waals surface area contributed by atoms with Crippen molar-refractivity contribution in [1.29, 1.82) is 5.26 Å². The van der Waals surface area contributed by atoms with E-state index in [4.69, 9.17) is 19.0 Å². The second-order valence-corrected chi connectivity index (χ2v) is 8.98. The lowest BCUT2D eigenvalue weighted by Gasteiger charge is -2.38. The van der Waals surface area contributed by atoms with Crippen molar-refractivity contribution in [3.8, 4) is 6.07 Å². The summed E-state index contributed by atoms with van der Waals surface area (Å²) in [6, 6.07) is 2.77. The first-order valence-corrected chi connectivity index (χ1v) is 10.2. The second kappa shape index (κ2) is 13.0. The lowest BCUT2D eigenvalue weighted by atomic mass is 10.1. The Morgan fingerprint density at radius 2 is 1.48 bits per heavy atom. The van der Waals surface area contributed by atoms with Gasteiger partial charge in [-0.05, 0) is 48.5 Å². The summed E-state index contributed by atoms with van der Waals surface area (Å²) in [6.07, 6.45) is 0.383. The molecule has 0 aromatic carbocycles. The number of ether oxygens (including phenoxy) is 1. The topological polar surface area (TPSA) is 58.0 Å². The van der Waals surface area contributed by atoms with Gasteiger partial charge in [0.2, 0.25) is 0 Å². The van der Waals surface area contributed by atoms with Crippen LogP contribution in [0, 0.1) is 11.3 Å². The molecule has 0 amide bonds. The maximum absolute atomic E-state index is 8.76. The van der Waals surface area contributed by atoms with E-state index in [-0.39, 0.29) is 5.54 Å². The molecule has 0 radical (unpaired) electrons. The van der Waals surface area contributed by atoms with Gasteiger partial charge >= 0.3 is 0 Å². The van der Waals surface area contributed by atoms with Gasteiger partial charge in [-0.25, -0.2) is 4.67 Å². The largest absolute Gasteiger partial charge is 0.383 e. The minimum absolute atomic E-state index is 0.0576. The van der Waals surface area contributed by atoms with Gasteiger partial charge in [-0.1, -0.05) is 0 Å². The predicted octanol–water partition coefficient (Wildman–Crippen LogP) is 4.03. The molecule has 0 aliphatic rings. The van der Waals surface area contributed by atoms with E-state index < -0.39 is 8.53 Å². The Balaban J connectivity index is 4.79. The molecule has 148 valence electrons. The minimum Gasteiger partial charge on any atom is -0.383 e. The van der Waals surface area contributed by atoms with Gasteiger partial charge in [-0.2, -0.15) is 5.26 Å². The Kier molecular flexibility index (Phi) is 12.8. The van der Waals surface area contributed by atoms with Crippen molar-refractivity contribution < 1.29 is 13.8 Å². The molecule has 25 heavy (non-hydrogen) atoms. The van der Waals surface area contributed by atoms with Crippen LogP contribution in [0.3, 0.4) is 0 Å². The van der Waals surface area contributed by atoms with Crippen molar-refractivity contribution in [2.45, 2.75) is 72.5 Å². The van der Waals surface area contributed by atoms with Crippen molar-refractivity contribution in [2.24, 2.45) is 0 Å². The van der Waals surface area contributed by atoms with E-state index in [1.54, 1.807) is 7.11 Å². The number of nitrogens with zero attached hydrogens (tertiary/aromatic N) is 3. The SMILES string of the molecule is COCCN(CCOP(OCCC#N)N(C(C)C)C(C)C)C(C)(C)C. The van der Waals surface area contributed by atoms with Crippen LogP contribution in [0.15, 0.2) is 0 Å². The summed E-state index contributed by atoms with van der Waals surface area (Å²) in [6.45, 7) is 18.6. The summed E-state index contributed by atoms with van der Waals surface area (Å²) in [5.74, 6) is 0. The Bertz CT molecular complexity index is 373. The number of rotatable bonds is 13. The van der Waals surface area contributed by atoms with Gasteiger partial charge in [0.15, 0.2) is 0 Å². The van der Waals surface area contributed by atoms with Gasteiger partial charge in [0.05, 0.1) is 32.3 Å². The van der Waals surface area contributed by atoms with E-state index in [2.05, 4.69) is 64.1 Å². The summed E-state index contributed by atoms with van der Waals surface area (Å²) in [5.41, 5.74) is 0.0576. The molecule has 0 aromatic rings. The molecule has 1 unspecified atom stereocenters. The molecule has 7 heteroatoms. The highest BCUT2D eigenvalue weighted by molar-refractivity contribution is 7.44. The van der Waals surface area contributed by atoms with Crippen LogP contribution in [0.5, 0.6) is 0 Å². The molecule has 0 aliphatic heterocycles. The van der Waals surface area contributed by atoms with E-state index >= 15 is 0 Å². The molecule has 0 N–H and O–H groups in total. The average molecular weight is 375 g/mol. The molecule has 0 aromatic heterocycles. The average Bonchev–Trinajstić information content (AvgIpc) is 2.48. The third-order valence-corrected chi connectivity index (χ3v) is 5.85. The Labute approximate surface area is 156 Å². The second-order valence-electron chi connectivity index (χ2n) is 7.53. The van der Waals surface area contributed by atoms with Crippen LogP contribution in [-0.4, -0.2) is 67.2 Å². The predicted molar refractivity (Wildman–Crippen MR) is 104 cm³/mol. The van der Waals surface area contributed by atoms with Gasteiger partial charge in [0.1, 0.15) is 0 Å². The lowest BCUT2D eigenvalue weighted by Crippen LogP contribution is -2.45. The molecule has 6 nitrogen and oxygen atoms in total. The Hall–Kier alpha value is -0.280. The maximum atomic E-state index is 8.76. The Morgan fingerprint density at radius 3 is 1.92 bits per heavy atom. The van der Waals surface area contributed by atoms with E-state index in [9.17, 15) is 0 Å². The van der Waals surface area contributed by atoms with Crippen LogP contribution < -0.4 is 0 Å². The van der Waals surface area contributed by atoms with Crippen LogP contribution in [0.1, 0.15) is 54.9 Å². The zero-order chi connectivity index (χ0) is 19.5. The molecule has 0 saturated carbocycles. The monoisotopic (exact) mass is 375 g/mol. The smallest absolute Gasteiger partial charge is 0.259 e. The van der Waals surface area contributed by atoms with Crippen LogP contribution in [-0.2, 0) is 13.8 Å². The van der Waals surface area contributed by atoms with E-state index in [1.807, 2.05) is 0 Å². The Morgan fingerprint density at radius 1 is 0.960 bits per heavy atom. The highest BCUT2D eigenvalue weighted by Crippen LogP contribution is 2.45. The fourth-order valence-corrected chi connectivity index (χ4v) is 4.11. The van der Waals surface area contributed by atoms with Crippen LogP contribution in [0.25, 0.3) is 0 Å². The van der Waals surface area contributed by atoms with Gasteiger partial charge in [0.25, 0.3) is 8.53 Å². The third kappa shape index (κ3) is 10.5. The first-order chi connectivity index (χ1) is 11.6. The highest BCUT2D eigenvalue weighted by atomic mass is 31.2. The van der Waals surface area contributed by atoms with Crippen molar-refractivity contribution in [3.05, 3.63) is 0 Å². The molecule has 0 bridgehead atoms. The number of nitriles is 1. The van der Waals surface area contributed by atoms with Gasteiger partial charge in [-0.15, -0.1) is 0 Å². The summed E-state index contributed by atoms with van der Waals surface area (Å²) in [5, 5.41) is 8.76. The molecule has 1 atom stereocenters. The van der Waals surface area contributed by atoms with E-state index in [0.717, 1.165) is 13.1 Å². The molecular weight excluding hydrogens is 337 g/mol. The molecule has 0 aliphatic carbocycles. The molecule has 0 saturated heterocycles. The first-order valence-electron chi connectivity index (χ1n) is 9.10. The molecular formula is C18H38N3O3P. The maximum Gasteiger partial charge on any atom is 0.259 e. The summed E-state index contributed by atoms with van der Waals surface area (Å²) in [7, 11) is 0.555. The highest BCUT2D eigenvalue weighted by Gasteiger charge is 2.28. The van der Waals surface area contributed by atoms with Gasteiger partial charge < -0.3 is 13.8 Å². The number of hydrogen-bond donors (Lipinski definition) is 0. The lowest BCUT2D eigenvalue weighted by molar-refractivity contribution is 0.0693. The molecule has 0 spiro atoms. The van der Waals surface area contributed by atoms with E-state index in [0.29, 0.717) is 38.3 Å². The van der Waals surface area contributed by atoms with E-state index in [1.165, 1.54) is 0 Å². The zero-order valence-corrected chi connectivity index (χ0v) is 18.3. The molecule has 0 rings (SSSR count). The quantitative estimate of drug-likeness (QED) is 0.358. The van der Waals surface area contributed by atoms with Gasteiger partial charge in [0, 0.05) is 37.8 Å². The van der Waals surface area contributed by atoms with Crippen LogP contribution in [0.2, 0.25) is 0 Å². The van der Waals surface area contributed by atoms with Crippen molar-refractivity contribution in [1.82, 2.24) is 9.57 Å². The van der Waals surface area contributed by atoms with Gasteiger partial charge in [-0.3, -0.25) is 4.90 Å². The van der Waals surface area contributed by atoms with Crippen molar-refractivity contribution in [3.63, 3.8) is 0 Å². The molecule has 0 fully saturated rings. The summed E-state index contributed by atoms with van der Waals surface area (Å²) in [4.78, 5) is 2.36. The standard InChI is InChI=1S/C18H38N3O3P/c1-16(2)21(17(3)4)25(23-13-9-10-19)24-15-12-20(11-14-22-8)18(5,6)7/h16-17H,9,11-15H2,1-8H3. The van der Waals surface area contributed by atoms with Crippen molar-refractivity contribution >= 4 is 8.53 Å². The van der Waals surface area contributed by atoms with Crippen molar-refractivity contribution in [2.75, 3.05) is 40.0 Å². The first kappa shape index (κ1) is 24.7. The van der Waals surface area contributed by atoms with Crippen LogP contribution in [0.4, 0.5) is 0 Å². The number of hydrogen-bond acceptors (Lipinski definition) is 6.